The number of rotatable bonds is 0. The van der Waals surface area contributed by atoms with Gasteiger partial charge in [0, 0.05) is 10.8 Å². The van der Waals surface area contributed by atoms with E-state index < -0.39 is 11.9 Å². The summed E-state index contributed by atoms with van der Waals surface area (Å²) in [5.41, 5.74) is 0. The number of nitrogens with one attached hydrogen (secondary N) is 2. The topological polar surface area (TPSA) is 101 Å². The van der Waals surface area contributed by atoms with Crippen LogP contribution in [-0.4, -0.2) is 10.2 Å². The fraction of sp³-hybridized carbons (Fsp3) is 0. The van der Waals surface area contributed by atoms with Crippen LogP contribution in [0.2, 0.25) is 0 Å². The van der Waals surface area contributed by atoms with E-state index in [2.05, 4.69) is 0 Å². The number of hydrogen-bond acceptors (Lipinski definition) is 5. The molecule has 0 fully saturated rings. The SMILES string of the molecule is N=c1ccc2c(O)oc(O)c3ccc(=N)c1c23. The molecule has 5 nitrogen and oxygen atoms in total. The van der Waals surface area contributed by atoms with Gasteiger partial charge >= 0.3 is 0 Å². The molecule has 4 N–H and O–H groups in total. The first-order valence-corrected chi connectivity index (χ1v) is 4.93. The van der Waals surface area contributed by atoms with Gasteiger partial charge in [-0.25, -0.2) is 0 Å². The molecule has 2 aromatic carbocycles. The predicted molar refractivity (Wildman–Crippen MR) is 59.9 cm³/mol. The van der Waals surface area contributed by atoms with Crippen molar-refractivity contribution in [3.05, 3.63) is 35.0 Å². The van der Waals surface area contributed by atoms with Crippen LogP contribution in [0.4, 0.5) is 0 Å². The Morgan fingerprint density at radius 2 is 1.24 bits per heavy atom. The zero-order valence-corrected chi connectivity index (χ0v) is 8.61. The minimum Gasteiger partial charge on any atom is -0.480 e. The highest BCUT2D eigenvalue weighted by atomic mass is 16.5. The van der Waals surface area contributed by atoms with E-state index in [9.17, 15) is 10.2 Å². The lowest BCUT2D eigenvalue weighted by atomic mass is 10.0. The Labute approximate surface area is 94.5 Å². The third-order valence-corrected chi connectivity index (χ3v) is 2.81. The Hall–Kier alpha value is -2.56. The van der Waals surface area contributed by atoms with Crippen LogP contribution in [0.15, 0.2) is 28.7 Å². The maximum absolute atomic E-state index is 9.62. The summed E-state index contributed by atoms with van der Waals surface area (Å²) in [7, 11) is 0. The number of aromatic hydroxyl groups is 2. The second-order valence-electron chi connectivity index (χ2n) is 3.78. The molecule has 84 valence electrons. The Morgan fingerprint density at radius 1 is 0.765 bits per heavy atom. The maximum atomic E-state index is 9.62. The molecule has 0 atom stereocenters. The minimum atomic E-state index is -0.411. The average molecular weight is 228 g/mol. The van der Waals surface area contributed by atoms with Crippen LogP contribution in [-0.2, 0) is 0 Å². The lowest BCUT2D eigenvalue weighted by molar-refractivity contribution is 0.262. The Bertz CT molecular complexity index is 786. The molecular formula is C12H8N2O3. The summed E-state index contributed by atoms with van der Waals surface area (Å²) in [5, 5.41) is 36.8. The molecule has 1 aromatic heterocycles. The fourth-order valence-corrected chi connectivity index (χ4v) is 2.05. The number of hydrogen-bond donors (Lipinski definition) is 4. The molecule has 0 aliphatic heterocycles. The first kappa shape index (κ1) is 9.65. The minimum absolute atomic E-state index is 0.179. The van der Waals surface area contributed by atoms with Crippen LogP contribution in [0.1, 0.15) is 0 Å². The van der Waals surface area contributed by atoms with E-state index in [1.54, 1.807) is 0 Å². The average Bonchev–Trinajstić information content (AvgIpc) is 2.28. The maximum Gasteiger partial charge on any atom is 0.292 e. The van der Waals surface area contributed by atoms with Gasteiger partial charge in [-0.05, 0) is 24.3 Å². The molecule has 0 aliphatic rings. The van der Waals surface area contributed by atoms with Crippen LogP contribution in [0.5, 0.6) is 11.9 Å². The zero-order chi connectivity index (χ0) is 12.2. The van der Waals surface area contributed by atoms with Crippen LogP contribution in [0.3, 0.4) is 0 Å². The zero-order valence-electron chi connectivity index (χ0n) is 8.61. The molecule has 1 heterocycles. The van der Waals surface area contributed by atoms with E-state index in [4.69, 9.17) is 15.2 Å². The lowest BCUT2D eigenvalue weighted by Crippen LogP contribution is -2.11. The van der Waals surface area contributed by atoms with Crippen molar-refractivity contribution in [2.75, 3.05) is 0 Å². The second-order valence-corrected chi connectivity index (χ2v) is 3.78. The lowest BCUT2D eigenvalue weighted by Gasteiger charge is -2.07. The highest BCUT2D eigenvalue weighted by Crippen LogP contribution is 2.36. The van der Waals surface area contributed by atoms with Gasteiger partial charge in [0.25, 0.3) is 11.9 Å². The molecule has 0 spiro atoms. The van der Waals surface area contributed by atoms with E-state index in [0.29, 0.717) is 21.5 Å². The van der Waals surface area contributed by atoms with Gasteiger partial charge in [0.1, 0.15) is 0 Å². The first-order valence-electron chi connectivity index (χ1n) is 4.93. The van der Waals surface area contributed by atoms with Gasteiger partial charge in [0.15, 0.2) is 0 Å². The normalized spacial score (nSPS) is 11.3. The summed E-state index contributed by atoms with van der Waals surface area (Å²) < 4.78 is 4.80. The molecule has 0 radical (unpaired) electrons. The van der Waals surface area contributed by atoms with Gasteiger partial charge in [-0.2, -0.15) is 0 Å². The molecule has 0 bridgehead atoms. The second kappa shape index (κ2) is 2.98. The standard InChI is InChI=1S/C12H8N2O3/c13-7-3-1-5-9-6(12(16)17-11(5)15)2-4-8(14)10(7)9/h1-4,13-16H. The summed E-state index contributed by atoms with van der Waals surface area (Å²) in [4.78, 5) is 0. The van der Waals surface area contributed by atoms with Crippen molar-refractivity contribution in [3.63, 3.8) is 0 Å². The smallest absolute Gasteiger partial charge is 0.292 e. The first-order chi connectivity index (χ1) is 8.09. The molecule has 0 unspecified atom stereocenters. The van der Waals surface area contributed by atoms with E-state index in [-0.39, 0.29) is 10.7 Å². The van der Waals surface area contributed by atoms with E-state index >= 15 is 0 Å². The molecule has 0 saturated heterocycles. The Balaban J connectivity index is 2.85. The van der Waals surface area contributed by atoms with Crippen molar-refractivity contribution < 1.29 is 14.6 Å². The van der Waals surface area contributed by atoms with Gasteiger partial charge in [0.2, 0.25) is 0 Å². The fourth-order valence-electron chi connectivity index (χ4n) is 2.05. The van der Waals surface area contributed by atoms with E-state index in [1.165, 1.54) is 24.3 Å². The Morgan fingerprint density at radius 3 is 1.71 bits per heavy atom. The molecular weight excluding hydrogens is 220 g/mol. The van der Waals surface area contributed by atoms with Gasteiger partial charge < -0.3 is 25.4 Å². The van der Waals surface area contributed by atoms with Crippen molar-refractivity contribution in [2.24, 2.45) is 0 Å². The van der Waals surface area contributed by atoms with E-state index in [0.717, 1.165) is 0 Å². The van der Waals surface area contributed by atoms with Crippen molar-refractivity contribution in [3.8, 4) is 11.9 Å². The molecule has 0 amide bonds. The van der Waals surface area contributed by atoms with Crippen LogP contribution >= 0.6 is 0 Å². The Kier molecular flexibility index (Phi) is 1.69. The van der Waals surface area contributed by atoms with Crippen molar-refractivity contribution in [2.45, 2.75) is 0 Å². The summed E-state index contributed by atoms with van der Waals surface area (Å²) in [6.07, 6.45) is 0. The van der Waals surface area contributed by atoms with Crippen LogP contribution in [0.25, 0.3) is 21.5 Å². The monoisotopic (exact) mass is 228 g/mol. The van der Waals surface area contributed by atoms with Crippen molar-refractivity contribution >= 4 is 21.5 Å². The summed E-state index contributed by atoms with van der Waals surface area (Å²) in [6.45, 7) is 0. The highest BCUT2D eigenvalue weighted by Gasteiger charge is 2.14. The van der Waals surface area contributed by atoms with Crippen molar-refractivity contribution in [1.29, 1.82) is 10.8 Å². The molecule has 17 heavy (non-hydrogen) atoms. The van der Waals surface area contributed by atoms with Crippen LogP contribution in [0, 0.1) is 10.8 Å². The van der Waals surface area contributed by atoms with Crippen LogP contribution < -0.4 is 10.7 Å². The van der Waals surface area contributed by atoms with Gasteiger partial charge in [-0.3, -0.25) is 0 Å². The molecule has 5 heteroatoms. The van der Waals surface area contributed by atoms with Gasteiger partial charge in [-0.15, -0.1) is 0 Å². The third-order valence-electron chi connectivity index (χ3n) is 2.81. The van der Waals surface area contributed by atoms with Gasteiger partial charge in [-0.1, -0.05) is 0 Å². The quantitative estimate of drug-likeness (QED) is 0.467. The largest absolute Gasteiger partial charge is 0.480 e. The van der Waals surface area contributed by atoms with Gasteiger partial charge in [0.05, 0.1) is 21.5 Å². The molecule has 0 aliphatic carbocycles. The summed E-state index contributed by atoms with van der Waals surface area (Å²) in [5.74, 6) is -0.823. The predicted octanol–water partition coefficient (Wildman–Crippen LogP) is 1.39. The third kappa shape index (κ3) is 1.13. The van der Waals surface area contributed by atoms with E-state index in [1.807, 2.05) is 0 Å². The molecule has 3 aromatic rings. The molecule has 0 saturated carbocycles. The number of benzene rings is 2. The summed E-state index contributed by atoms with van der Waals surface area (Å²) >= 11 is 0. The highest BCUT2D eigenvalue weighted by molar-refractivity contribution is 6.12. The molecule has 3 rings (SSSR count). The van der Waals surface area contributed by atoms with Crippen molar-refractivity contribution in [1.82, 2.24) is 0 Å². The summed E-state index contributed by atoms with van der Waals surface area (Å²) in [6, 6.07) is 6.05.